The van der Waals surface area contributed by atoms with Crippen molar-refractivity contribution >= 4 is 11.7 Å². The maximum atomic E-state index is 12.2. The SMILES string of the molecule is C[C@H](CCc1ccccc1)NCC(=O)c1ccc(O)c(C(N)=O)c1. The van der Waals surface area contributed by atoms with Crippen LogP contribution >= 0.6 is 0 Å². The summed E-state index contributed by atoms with van der Waals surface area (Å²) in [4.78, 5) is 23.4. The van der Waals surface area contributed by atoms with Gasteiger partial charge in [0.2, 0.25) is 0 Å². The first-order valence-corrected chi connectivity index (χ1v) is 7.90. The maximum absolute atomic E-state index is 12.2. The fraction of sp³-hybridized carbons (Fsp3) is 0.263. The van der Waals surface area contributed by atoms with E-state index < -0.39 is 5.91 Å². The molecule has 0 aliphatic rings. The van der Waals surface area contributed by atoms with Gasteiger partial charge >= 0.3 is 0 Å². The summed E-state index contributed by atoms with van der Waals surface area (Å²) in [5.41, 5.74) is 6.75. The molecule has 0 saturated carbocycles. The quantitative estimate of drug-likeness (QED) is 0.649. The van der Waals surface area contributed by atoms with Crippen LogP contribution in [-0.2, 0) is 6.42 Å². The largest absolute Gasteiger partial charge is 0.507 e. The Bertz CT molecular complexity index is 714. The van der Waals surface area contributed by atoms with E-state index in [0.717, 1.165) is 12.8 Å². The molecule has 5 heteroatoms. The van der Waals surface area contributed by atoms with E-state index in [-0.39, 0.29) is 29.7 Å². The fourth-order valence-corrected chi connectivity index (χ4v) is 2.41. The molecule has 1 atom stereocenters. The Morgan fingerprint density at radius 1 is 1.17 bits per heavy atom. The molecule has 2 rings (SSSR count). The lowest BCUT2D eigenvalue weighted by Gasteiger charge is -2.13. The van der Waals surface area contributed by atoms with Crippen molar-refractivity contribution < 1.29 is 14.7 Å². The van der Waals surface area contributed by atoms with Gasteiger partial charge < -0.3 is 16.2 Å². The van der Waals surface area contributed by atoms with E-state index in [1.165, 1.54) is 23.8 Å². The summed E-state index contributed by atoms with van der Waals surface area (Å²) in [5, 5.41) is 12.7. The maximum Gasteiger partial charge on any atom is 0.252 e. The number of carbonyl (C=O) groups excluding carboxylic acids is 2. The minimum absolute atomic E-state index is 0.0435. The number of amides is 1. The molecule has 126 valence electrons. The van der Waals surface area contributed by atoms with Gasteiger partial charge in [-0.3, -0.25) is 9.59 Å². The highest BCUT2D eigenvalue weighted by molar-refractivity contribution is 6.02. The number of nitrogens with one attached hydrogen (secondary N) is 1. The number of hydrogen-bond donors (Lipinski definition) is 3. The Labute approximate surface area is 141 Å². The van der Waals surface area contributed by atoms with E-state index in [0.29, 0.717) is 5.56 Å². The average Bonchev–Trinajstić information content (AvgIpc) is 2.59. The molecule has 0 fully saturated rings. The molecule has 0 unspecified atom stereocenters. The first-order chi connectivity index (χ1) is 11.5. The van der Waals surface area contributed by atoms with Crippen LogP contribution in [0, 0.1) is 0 Å². The van der Waals surface area contributed by atoms with E-state index in [4.69, 9.17) is 5.73 Å². The minimum atomic E-state index is -0.758. The van der Waals surface area contributed by atoms with Crippen LogP contribution in [-0.4, -0.2) is 29.4 Å². The summed E-state index contributed by atoms with van der Waals surface area (Å²) >= 11 is 0. The van der Waals surface area contributed by atoms with Crippen molar-refractivity contribution in [3.63, 3.8) is 0 Å². The van der Waals surface area contributed by atoms with Crippen molar-refractivity contribution in [1.29, 1.82) is 0 Å². The molecule has 0 aliphatic heterocycles. The number of hydrogen-bond acceptors (Lipinski definition) is 4. The van der Waals surface area contributed by atoms with Crippen molar-refractivity contribution in [2.45, 2.75) is 25.8 Å². The molecular weight excluding hydrogens is 304 g/mol. The van der Waals surface area contributed by atoms with Gasteiger partial charge in [0.15, 0.2) is 5.78 Å². The minimum Gasteiger partial charge on any atom is -0.507 e. The molecule has 0 heterocycles. The van der Waals surface area contributed by atoms with Crippen molar-refractivity contribution in [3.05, 3.63) is 65.2 Å². The monoisotopic (exact) mass is 326 g/mol. The number of aryl methyl sites for hydroxylation is 1. The number of rotatable bonds is 8. The molecule has 5 nitrogen and oxygen atoms in total. The topological polar surface area (TPSA) is 92.4 Å². The molecule has 0 radical (unpaired) electrons. The number of phenols is 1. The lowest BCUT2D eigenvalue weighted by atomic mass is 10.0. The van der Waals surface area contributed by atoms with Gasteiger partial charge in [0.1, 0.15) is 5.75 Å². The Morgan fingerprint density at radius 2 is 1.88 bits per heavy atom. The fourth-order valence-electron chi connectivity index (χ4n) is 2.41. The summed E-state index contributed by atoms with van der Waals surface area (Å²) < 4.78 is 0. The zero-order valence-electron chi connectivity index (χ0n) is 13.7. The number of carbonyl (C=O) groups is 2. The number of benzene rings is 2. The van der Waals surface area contributed by atoms with Gasteiger partial charge in [-0.25, -0.2) is 0 Å². The van der Waals surface area contributed by atoms with Crippen LogP contribution < -0.4 is 11.1 Å². The molecule has 0 spiro atoms. The van der Waals surface area contributed by atoms with E-state index in [9.17, 15) is 14.7 Å². The zero-order chi connectivity index (χ0) is 17.5. The van der Waals surface area contributed by atoms with Gasteiger partial charge in [-0.15, -0.1) is 0 Å². The molecule has 0 aliphatic carbocycles. The summed E-state index contributed by atoms with van der Waals surface area (Å²) in [6.45, 7) is 2.20. The van der Waals surface area contributed by atoms with Crippen LogP contribution in [0.1, 0.15) is 39.6 Å². The lowest BCUT2D eigenvalue weighted by Crippen LogP contribution is -2.32. The molecule has 0 saturated heterocycles. The number of ketones is 1. The van der Waals surface area contributed by atoms with Gasteiger partial charge in [0.05, 0.1) is 12.1 Å². The van der Waals surface area contributed by atoms with Crippen LogP contribution in [0.5, 0.6) is 5.75 Å². The summed E-state index contributed by atoms with van der Waals surface area (Å²) in [6, 6.07) is 14.5. The second-order valence-corrected chi connectivity index (χ2v) is 5.83. The predicted octanol–water partition coefficient (Wildman–Crippen LogP) is 2.28. The third-order valence-corrected chi connectivity index (χ3v) is 3.90. The molecule has 2 aromatic carbocycles. The van der Waals surface area contributed by atoms with E-state index in [2.05, 4.69) is 17.4 Å². The van der Waals surface area contributed by atoms with E-state index in [1.807, 2.05) is 25.1 Å². The second-order valence-electron chi connectivity index (χ2n) is 5.83. The first kappa shape index (κ1) is 17.7. The first-order valence-electron chi connectivity index (χ1n) is 7.90. The van der Waals surface area contributed by atoms with E-state index >= 15 is 0 Å². The Kier molecular flexibility index (Phi) is 6.09. The van der Waals surface area contributed by atoms with Gasteiger partial charge in [-0.05, 0) is 43.5 Å². The highest BCUT2D eigenvalue weighted by Crippen LogP contribution is 2.18. The van der Waals surface area contributed by atoms with Crippen LogP contribution in [0.25, 0.3) is 0 Å². The van der Waals surface area contributed by atoms with Crippen molar-refractivity contribution in [1.82, 2.24) is 5.32 Å². The Morgan fingerprint density at radius 3 is 2.54 bits per heavy atom. The van der Waals surface area contributed by atoms with Crippen molar-refractivity contribution in [2.24, 2.45) is 5.73 Å². The molecule has 0 aromatic heterocycles. The number of Topliss-reactive ketones (excluding diaryl/α,β-unsaturated/α-hetero) is 1. The zero-order valence-corrected chi connectivity index (χ0v) is 13.7. The van der Waals surface area contributed by atoms with Crippen LogP contribution in [0.3, 0.4) is 0 Å². The number of nitrogens with two attached hydrogens (primary N) is 1. The summed E-state index contributed by atoms with van der Waals surface area (Å²) in [5.74, 6) is -1.13. The normalized spacial score (nSPS) is 11.9. The molecule has 4 N–H and O–H groups in total. The predicted molar refractivity (Wildman–Crippen MR) is 93.2 cm³/mol. The van der Waals surface area contributed by atoms with Crippen LogP contribution in [0.4, 0.5) is 0 Å². The smallest absolute Gasteiger partial charge is 0.252 e. The van der Waals surface area contributed by atoms with Gasteiger partial charge in [0.25, 0.3) is 5.91 Å². The molecule has 24 heavy (non-hydrogen) atoms. The molecule has 1 amide bonds. The third-order valence-electron chi connectivity index (χ3n) is 3.90. The summed E-state index contributed by atoms with van der Waals surface area (Å²) in [6.07, 6.45) is 1.85. The average molecular weight is 326 g/mol. The lowest BCUT2D eigenvalue weighted by molar-refractivity contribution is 0.0987. The number of primary amides is 1. The standard InChI is InChI=1S/C19H22N2O3/c1-13(7-8-14-5-3-2-4-6-14)21-12-18(23)15-9-10-17(22)16(11-15)19(20)24/h2-6,9-11,13,21-22H,7-8,12H2,1H3,(H2,20,24)/t13-/m1/s1. The number of aromatic hydroxyl groups is 1. The summed E-state index contributed by atoms with van der Waals surface area (Å²) in [7, 11) is 0. The third kappa shape index (κ3) is 4.93. The molecule has 0 bridgehead atoms. The van der Waals surface area contributed by atoms with Crippen LogP contribution in [0.2, 0.25) is 0 Å². The Balaban J connectivity index is 1.86. The van der Waals surface area contributed by atoms with Crippen molar-refractivity contribution in [3.8, 4) is 5.75 Å². The van der Waals surface area contributed by atoms with E-state index in [1.54, 1.807) is 0 Å². The second kappa shape index (κ2) is 8.26. The Hall–Kier alpha value is -2.66. The highest BCUT2D eigenvalue weighted by atomic mass is 16.3. The van der Waals surface area contributed by atoms with Gasteiger partial charge in [-0.1, -0.05) is 30.3 Å². The van der Waals surface area contributed by atoms with Crippen molar-refractivity contribution in [2.75, 3.05) is 6.54 Å². The molecule has 2 aromatic rings. The van der Waals surface area contributed by atoms with Gasteiger partial charge in [0, 0.05) is 11.6 Å². The van der Waals surface area contributed by atoms with Crippen LogP contribution in [0.15, 0.2) is 48.5 Å². The van der Waals surface area contributed by atoms with Gasteiger partial charge in [-0.2, -0.15) is 0 Å². The molecular formula is C19H22N2O3. The highest BCUT2D eigenvalue weighted by Gasteiger charge is 2.13.